The summed E-state index contributed by atoms with van der Waals surface area (Å²) in [6.45, 7) is 5.29. The van der Waals surface area contributed by atoms with E-state index in [1.165, 1.54) is 7.11 Å². The number of nitrogens with one attached hydrogen (secondary N) is 1. The fourth-order valence-corrected chi connectivity index (χ4v) is 4.46. The highest BCUT2D eigenvalue weighted by Crippen LogP contribution is 2.29. The van der Waals surface area contributed by atoms with Gasteiger partial charge in [-0.1, -0.05) is 12.1 Å². The zero-order valence-corrected chi connectivity index (χ0v) is 23.0. The van der Waals surface area contributed by atoms with Gasteiger partial charge in [-0.05, 0) is 51.8 Å². The van der Waals surface area contributed by atoms with Crippen molar-refractivity contribution in [3.63, 3.8) is 0 Å². The van der Waals surface area contributed by atoms with Gasteiger partial charge in [0.2, 0.25) is 17.8 Å². The minimum Gasteiger partial charge on any atom is -0.493 e. The van der Waals surface area contributed by atoms with E-state index >= 15 is 0 Å². The molecule has 0 aliphatic carbocycles. The number of hydrogen-bond donors (Lipinski definition) is 1. The Bertz CT molecular complexity index is 1290. The third-order valence-electron chi connectivity index (χ3n) is 6.06. The lowest BCUT2D eigenvalue weighted by Crippen LogP contribution is -2.40. The first-order valence-corrected chi connectivity index (χ1v) is 13.3. The Morgan fingerprint density at radius 1 is 0.949 bits per heavy atom. The predicted molar refractivity (Wildman–Crippen MR) is 149 cm³/mol. The zero-order valence-electron chi connectivity index (χ0n) is 21.4. The van der Waals surface area contributed by atoms with Crippen LogP contribution in [0.2, 0.25) is 0 Å². The molecule has 2 aliphatic heterocycles. The molecule has 0 radical (unpaired) electrons. The molecule has 12 nitrogen and oxygen atoms in total. The maximum Gasteiger partial charge on any atom is 0.344 e. The number of carbonyl (C=O) groups is 1. The number of hydrogen-bond acceptors (Lipinski definition) is 12. The zero-order chi connectivity index (χ0) is 27.0. The normalized spacial score (nSPS) is 15.8. The van der Waals surface area contributed by atoms with E-state index < -0.39 is 5.97 Å². The first-order valence-electron chi connectivity index (χ1n) is 12.5. The van der Waals surface area contributed by atoms with Crippen molar-refractivity contribution < 1.29 is 23.7 Å². The van der Waals surface area contributed by atoms with E-state index in [4.69, 9.17) is 23.9 Å². The van der Waals surface area contributed by atoms with Crippen molar-refractivity contribution in [2.45, 2.75) is 0 Å². The van der Waals surface area contributed by atoms with Crippen molar-refractivity contribution in [1.82, 2.24) is 15.0 Å². The highest BCUT2D eigenvalue weighted by Gasteiger charge is 2.21. The summed E-state index contributed by atoms with van der Waals surface area (Å²) >= 11 is 3.37. The van der Waals surface area contributed by atoms with Crippen LogP contribution in [-0.2, 0) is 9.47 Å². The number of carbonyl (C=O) groups excluding carboxylic acids is 1. The quantitative estimate of drug-likeness (QED) is 0.178. The molecule has 13 heteroatoms. The minimum atomic E-state index is -0.495. The van der Waals surface area contributed by atoms with Gasteiger partial charge >= 0.3 is 5.97 Å². The molecule has 39 heavy (non-hydrogen) atoms. The van der Waals surface area contributed by atoms with Gasteiger partial charge in [-0.15, -0.1) is 0 Å². The van der Waals surface area contributed by atoms with Crippen LogP contribution in [0, 0.1) is 0 Å². The Hall–Kier alpha value is -3.81. The van der Waals surface area contributed by atoms with Crippen LogP contribution >= 0.6 is 15.9 Å². The van der Waals surface area contributed by atoms with Gasteiger partial charge in [-0.3, -0.25) is 0 Å². The van der Waals surface area contributed by atoms with Gasteiger partial charge in [-0.25, -0.2) is 10.2 Å². The van der Waals surface area contributed by atoms with Crippen LogP contribution < -0.4 is 24.7 Å². The van der Waals surface area contributed by atoms with E-state index in [1.54, 1.807) is 42.6 Å². The number of hydrazone groups is 1. The molecule has 0 spiro atoms. The van der Waals surface area contributed by atoms with Crippen LogP contribution in [0.5, 0.6) is 11.5 Å². The maximum absolute atomic E-state index is 12.6. The topological polar surface area (TPSA) is 124 Å². The Labute approximate surface area is 234 Å². The van der Waals surface area contributed by atoms with E-state index in [0.29, 0.717) is 92.0 Å². The molecule has 3 heterocycles. The molecule has 2 aliphatic rings. The van der Waals surface area contributed by atoms with Crippen molar-refractivity contribution in [3.8, 4) is 11.5 Å². The number of morpholine rings is 2. The summed E-state index contributed by atoms with van der Waals surface area (Å²) in [7, 11) is 1.51. The van der Waals surface area contributed by atoms with Gasteiger partial charge in [0.1, 0.15) is 0 Å². The fraction of sp³-hybridized carbons (Fsp3) is 0.346. The summed E-state index contributed by atoms with van der Waals surface area (Å²) in [6.07, 6.45) is 1.61. The first kappa shape index (κ1) is 26.8. The number of nitrogens with zero attached hydrogens (tertiary/aromatic N) is 6. The van der Waals surface area contributed by atoms with Gasteiger partial charge in [0.15, 0.2) is 11.5 Å². The molecule has 0 unspecified atom stereocenters. The molecule has 2 fully saturated rings. The summed E-state index contributed by atoms with van der Waals surface area (Å²) in [4.78, 5) is 30.6. The van der Waals surface area contributed by atoms with Crippen LogP contribution in [0.4, 0.5) is 17.8 Å². The van der Waals surface area contributed by atoms with Gasteiger partial charge in [0, 0.05) is 30.7 Å². The average molecular weight is 598 g/mol. The molecule has 1 N–H and O–H groups in total. The lowest BCUT2D eigenvalue weighted by Gasteiger charge is -2.30. The smallest absolute Gasteiger partial charge is 0.344 e. The summed E-state index contributed by atoms with van der Waals surface area (Å²) in [5.41, 5.74) is 4.06. The monoisotopic (exact) mass is 597 g/mol. The Kier molecular flexibility index (Phi) is 8.81. The standard InChI is InChI=1S/C26H28BrN7O5/c1-36-22-16-18(6-7-21(22)39-23(35)19-4-2-3-5-20(19)27)17-28-32-24-29-25(33-8-12-37-13-9-33)31-26(30-24)34-10-14-38-15-11-34/h2-7,16-17H,8-15H2,1H3,(H,29,30,31,32). The highest BCUT2D eigenvalue weighted by molar-refractivity contribution is 9.10. The van der Waals surface area contributed by atoms with Crippen molar-refractivity contribution >= 4 is 46.0 Å². The predicted octanol–water partition coefficient (Wildman–Crippen LogP) is 2.98. The second-order valence-corrected chi connectivity index (χ2v) is 9.46. The van der Waals surface area contributed by atoms with Crippen molar-refractivity contribution in [3.05, 3.63) is 58.1 Å². The summed E-state index contributed by atoms with van der Waals surface area (Å²) in [5, 5.41) is 4.33. The van der Waals surface area contributed by atoms with E-state index in [2.05, 4.69) is 46.2 Å². The van der Waals surface area contributed by atoms with E-state index in [1.807, 2.05) is 6.07 Å². The van der Waals surface area contributed by atoms with Gasteiger partial charge in [-0.2, -0.15) is 20.1 Å². The minimum absolute atomic E-state index is 0.297. The second-order valence-electron chi connectivity index (χ2n) is 8.61. The number of anilines is 3. The van der Waals surface area contributed by atoms with Crippen LogP contribution in [-0.4, -0.2) is 86.9 Å². The van der Waals surface area contributed by atoms with Crippen molar-refractivity contribution in [2.75, 3.05) is 74.9 Å². The lowest BCUT2D eigenvalue weighted by atomic mass is 10.2. The van der Waals surface area contributed by atoms with E-state index in [0.717, 1.165) is 5.56 Å². The molecule has 1 aromatic heterocycles. The Morgan fingerprint density at radius 3 is 2.21 bits per heavy atom. The van der Waals surface area contributed by atoms with Gasteiger partial charge < -0.3 is 28.7 Å². The van der Waals surface area contributed by atoms with E-state index in [9.17, 15) is 4.79 Å². The summed E-state index contributed by atoms with van der Waals surface area (Å²) in [6, 6.07) is 12.2. The largest absolute Gasteiger partial charge is 0.493 e. The number of rotatable bonds is 8. The Morgan fingerprint density at radius 2 is 1.59 bits per heavy atom. The average Bonchev–Trinajstić information content (AvgIpc) is 2.98. The summed E-state index contributed by atoms with van der Waals surface area (Å²) < 4.78 is 22.6. The highest BCUT2D eigenvalue weighted by atomic mass is 79.9. The summed E-state index contributed by atoms with van der Waals surface area (Å²) in [5.74, 6) is 1.67. The molecule has 5 rings (SSSR count). The molecule has 0 atom stereocenters. The molecular weight excluding hydrogens is 570 g/mol. The van der Waals surface area contributed by atoms with Crippen molar-refractivity contribution in [2.24, 2.45) is 5.10 Å². The molecule has 0 saturated carbocycles. The molecule has 204 valence electrons. The van der Waals surface area contributed by atoms with Crippen molar-refractivity contribution in [1.29, 1.82) is 0 Å². The van der Waals surface area contributed by atoms with Crippen LogP contribution in [0.25, 0.3) is 0 Å². The number of halogens is 1. The molecule has 0 bridgehead atoms. The molecule has 2 aromatic carbocycles. The maximum atomic E-state index is 12.6. The SMILES string of the molecule is COc1cc(C=NNc2nc(N3CCOCC3)nc(N3CCOCC3)n2)ccc1OC(=O)c1ccccc1Br. The Balaban J connectivity index is 1.31. The van der Waals surface area contributed by atoms with Crippen LogP contribution in [0.1, 0.15) is 15.9 Å². The first-order chi connectivity index (χ1) is 19.1. The van der Waals surface area contributed by atoms with Gasteiger partial charge in [0.25, 0.3) is 0 Å². The third kappa shape index (κ3) is 6.80. The second kappa shape index (κ2) is 12.8. The molecule has 3 aromatic rings. The number of benzene rings is 2. The van der Waals surface area contributed by atoms with Crippen LogP contribution in [0.3, 0.4) is 0 Å². The van der Waals surface area contributed by atoms with Crippen LogP contribution in [0.15, 0.2) is 52.0 Å². The molecule has 0 amide bonds. The van der Waals surface area contributed by atoms with E-state index in [-0.39, 0.29) is 0 Å². The molecular formula is C26H28BrN7O5. The number of methoxy groups -OCH3 is 1. The number of ether oxygens (including phenoxy) is 4. The fourth-order valence-electron chi connectivity index (χ4n) is 4.01. The lowest BCUT2D eigenvalue weighted by molar-refractivity contribution is 0.0728. The number of aromatic nitrogens is 3. The third-order valence-corrected chi connectivity index (χ3v) is 6.75. The molecule has 2 saturated heterocycles. The van der Waals surface area contributed by atoms with Gasteiger partial charge in [0.05, 0.1) is 45.3 Å². The number of esters is 1.